The lowest BCUT2D eigenvalue weighted by atomic mass is 10.0. The van der Waals surface area contributed by atoms with Crippen molar-refractivity contribution in [3.63, 3.8) is 0 Å². The molecule has 0 aliphatic carbocycles. The van der Waals surface area contributed by atoms with Gasteiger partial charge >= 0.3 is 11.9 Å². The number of carbonyl (C=O) groups is 2. The summed E-state index contributed by atoms with van der Waals surface area (Å²) in [6.45, 7) is 9.50. The van der Waals surface area contributed by atoms with E-state index in [4.69, 9.17) is 10.2 Å². The molecule has 0 radical (unpaired) electrons. The van der Waals surface area contributed by atoms with Crippen molar-refractivity contribution in [1.82, 2.24) is 0 Å². The smallest absolute Gasteiger partial charge is 0.335 e. The van der Waals surface area contributed by atoms with Gasteiger partial charge in [0.15, 0.2) is 0 Å². The number of rotatable bonds is 4. The highest BCUT2D eigenvalue weighted by atomic mass is 16.4. The number of aliphatic carboxylic acids is 2. The van der Waals surface area contributed by atoms with E-state index in [0.717, 1.165) is 0 Å². The van der Waals surface area contributed by atoms with Gasteiger partial charge in [-0.25, -0.2) is 9.59 Å². The van der Waals surface area contributed by atoms with Gasteiger partial charge in [-0.05, 0) is 5.57 Å². The Morgan fingerprint density at radius 2 is 1.00 bits per heavy atom. The first-order valence-corrected chi connectivity index (χ1v) is 2.92. The van der Waals surface area contributed by atoms with Gasteiger partial charge in [-0.2, -0.15) is 0 Å². The van der Waals surface area contributed by atoms with Crippen LogP contribution >= 0.6 is 0 Å². The van der Waals surface area contributed by atoms with Gasteiger partial charge in [0.05, 0.1) is 11.1 Å². The van der Waals surface area contributed by atoms with Crippen LogP contribution in [0.25, 0.3) is 0 Å². The van der Waals surface area contributed by atoms with E-state index in [9.17, 15) is 9.59 Å². The Kier molecular flexibility index (Phi) is 2.98. The zero-order valence-electron chi connectivity index (χ0n) is 6.33. The Hall–Kier alpha value is -1.84. The molecule has 0 atom stereocenters. The molecular weight excluding hydrogens is 160 g/mol. The summed E-state index contributed by atoms with van der Waals surface area (Å²) in [4.78, 5) is 20.5. The summed E-state index contributed by atoms with van der Waals surface area (Å²) in [6, 6.07) is 0. The van der Waals surface area contributed by atoms with Crippen molar-refractivity contribution in [1.29, 1.82) is 0 Å². The van der Waals surface area contributed by atoms with E-state index >= 15 is 0 Å². The first-order valence-electron chi connectivity index (χ1n) is 2.92. The monoisotopic (exact) mass is 168 g/mol. The Labute approximate surface area is 69.1 Å². The summed E-state index contributed by atoms with van der Waals surface area (Å²) < 4.78 is 0. The van der Waals surface area contributed by atoms with Gasteiger partial charge in [0.1, 0.15) is 0 Å². The molecule has 0 fully saturated rings. The fraction of sp³-hybridized carbons (Fsp3) is 0. The van der Waals surface area contributed by atoms with E-state index in [1.54, 1.807) is 0 Å². The van der Waals surface area contributed by atoms with Gasteiger partial charge in [0, 0.05) is 0 Å². The molecule has 0 aromatic heterocycles. The van der Waals surface area contributed by atoms with Gasteiger partial charge in [-0.3, -0.25) is 0 Å². The molecule has 0 amide bonds. The summed E-state index contributed by atoms with van der Waals surface area (Å²) in [7, 11) is 0. The third-order valence-corrected chi connectivity index (χ3v) is 1.24. The Bertz CT molecular complexity index is 257. The minimum atomic E-state index is -1.30. The maximum Gasteiger partial charge on any atom is 0.335 e. The van der Waals surface area contributed by atoms with Gasteiger partial charge in [0.2, 0.25) is 0 Å². The van der Waals surface area contributed by atoms with Crippen LogP contribution in [0.15, 0.2) is 36.5 Å². The van der Waals surface area contributed by atoms with E-state index in [1.165, 1.54) is 0 Å². The van der Waals surface area contributed by atoms with Crippen molar-refractivity contribution in [2.75, 3.05) is 0 Å². The van der Waals surface area contributed by atoms with E-state index in [1.807, 2.05) is 0 Å². The molecule has 0 aromatic carbocycles. The molecule has 0 saturated carbocycles. The molecule has 0 aromatic rings. The van der Waals surface area contributed by atoms with Crippen molar-refractivity contribution in [3.05, 3.63) is 36.5 Å². The second kappa shape index (κ2) is 3.52. The summed E-state index contributed by atoms with van der Waals surface area (Å²) in [5.74, 6) is -2.61. The normalized spacial score (nSPS) is 8.67. The van der Waals surface area contributed by atoms with Crippen molar-refractivity contribution >= 4 is 11.9 Å². The maximum atomic E-state index is 10.3. The first kappa shape index (κ1) is 10.2. The zero-order valence-corrected chi connectivity index (χ0v) is 6.33. The van der Waals surface area contributed by atoms with E-state index in [0.29, 0.717) is 0 Å². The molecule has 0 aliphatic heterocycles. The lowest BCUT2D eigenvalue weighted by Crippen LogP contribution is -2.08. The number of hydrogen-bond acceptors (Lipinski definition) is 2. The van der Waals surface area contributed by atoms with Crippen LogP contribution in [0.3, 0.4) is 0 Å². The number of carboxylic acids is 2. The van der Waals surface area contributed by atoms with Crippen LogP contribution in [-0.2, 0) is 9.59 Å². The molecule has 64 valence electrons. The third-order valence-electron chi connectivity index (χ3n) is 1.24. The Balaban J connectivity index is 4.63. The summed E-state index contributed by atoms with van der Waals surface area (Å²) in [5.41, 5.74) is -0.889. The second-order valence-corrected chi connectivity index (χ2v) is 2.05. The third kappa shape index (κ3) is 2.09. The average Bonchev–Trinajstić information content (AvgIpc) is 2.00. The summed E-state index contributed by atoms with van der Waals surface area (Å²) in [6.07, 6.45) is 0. The topological polar surface area (TPSA) is 74.6 Å². The molecule has 0 saturated heterocycles. The molecule has 0 aliphatic rings. The zero-order chi connectivity index (χ0) is 9.89. The first-order chi connectivity index (χ1) is 5.37. The predicted octanol–water partition coefficient (Wildman–Crippen LogP) is 0.824. The highest BCUT2D eigenvalue weighted by Crippen LogP contribution is 2.14. The number of hydrogen-bond donors (Lipinski definition) is 2. The SMILES string of the molecule is C=C(C(=C)C(=O)O)C(=C)C(=O)O. The molecule has 0 heterocycles. The van der Waals surface area contributed by atoms with Gasteiger partial charge in [-0.1, -0.05) is 19.7 Å². The Morgan fingerprint density at radius 1 is 0.750 bits per heavy atom. The van der Waals surface area contributed by atoms with E-state index in [-0.39, 0.29) is 16.7 Å². The highest BCUT2D eigenvalue weighted by molar-refractivity contribution is 6.00. The summed E-state index contributed by atoms with van der Waals surface area (Å²) >= 11 is 0. The van der Waals surface area contributed by atoms with Gasteiger partial charge in [0.25, 0.3) is 0 Å². The van der Waals surface area contributed by atoms with Crippen LogP contribution in [0.1, 0.15) is 0 Å². The molecule has 12 heavy (non-hydrogen) atoms. The fourth-order valence-electron chi connectivity index (χ4n) is 0.440. The highest BCUT2D eigenvalue weighted by Gasteiger charge is 2.15. The molecular formula is C8H8O4. The van der Waals surface area contributed by atoms with Crippen molar-refractivity contribution in [3.8, 4) is 0 Å². The van der Waals surface area contributed by atoms with E-state index in [2.05, 4.69) is 19.7 Å². The molecule has 4 nitrogen and oxygen atoms in total. The minimum Gasteiger partial charge on any atom is -0.478 e. The average molecular weight is 168 g/mol. The van der Waals surface area contributed by atoms with Crippen molar-refractivity contribution in [2.45, 2.75) is 0 Å². The van der Waals surface area contributed by atoms with Crippen LogP contribution in [0.5, 0.6) is 0 Å². The van der Waals surface area contributed by atoms with Crippen molar-refractivity contribution in [2.24, 2.45) is 0 Å². The van der Waals surface area contributed by atoms with Crippen LogP contribution in [0.2, 0.25) is 0 Å². The van der Waals surface area contributed by atoms with E-state index < -0.39 is 11.9 Å². The van der Waals surface area contributed by atoms with Gasteiger partial charge < -0.3 is 10.2 Å². The molecule has 0 spiro atoms. The standard InChI is InChI=1S/C8H8O4/c1-4(5(2)7(9)10)6(3)8(11)12/h1-3H2,(H,9,10)(H,11,12). The molecule has 2 N–H and O–H groups in total. The van der Waals surface area contributed by atoms with Gasteiger partial charge in [-0.15, -0.1) is 0 Å². The lowest BCUT2D eigenvalue weighted by molar-refractivity contribution is -0.132. The lowest BCUT2D eigenvalue weighted by Gasteiger charge is -2.03. The van der Waals surface area contributed by atoms with Crippen molar-refractivity contribution < 1.29 is 19.8 Å². The Morgan fingerprint density at radius 3 is 1.17 bits per heavy atom. The minimum absolute atomic E-state index is 0.171. The van der Waals surface area contributed by atoms with Crippen LogP contribution in [0.4, 0.5) is 0 Å². The molecule has 0 rings (SSSR count). The number of carboxylic acid groups (broad SMARTS) is 2. The van der Waals surface area contributed by atoms with Crippen LogP contribution in [-0.4, -0.2) is 22.2 Å². The quantitative estimate of drug-likeness (QED) is 0.481. The molecule has 0 bridgehead atoms. The van der Waals surface area contributed by atoms with Crippen LogP contribution in [0, 0.1) is 0 Å². The van der Waals surface area contributed by atoms with Crippen LogP contribution < -0.4 is 0 Å². The largest absolute Gasteiger partial charge is 0.478 e. The fourth-order valence-corrected chi connectivity index (χ4v) is 0.440. The predicted molar refractivity (Wildman–Crippen MR) is 42.7 cm³/mol. The molecule has 0 unspecified atom stereocenters. The maximum absolute atomic E-state index is 10.3. The second-order valence-electron chi connectivity index (χ2n) is 2.05. The molecule has 4 heteroatoms. The summed E-state index contributed by atoms with van der Waals surface area (Å²) in [5, 5.41) is 16.8.